The van der Waals surface area contributed by atoms with Gasteiger partial charge >= 0.3 is 6.03 Å². The van der Waals surface area contributed by atoms with Crippen molar-refractivity contribution < 1.29 is 14.3 Å². The van der Waals surface area contributed by atoms with Crippen LogP contribution in [0.3, 0.4) is 0 Å². The first-order valence-corrected chi connectivity index (χ1v) is 8.08. The fourth-order valence-electron chi connectivity index (χ4n) is 3.28. The molecular weight excluding hydrogens is 280 g/mol. The van der Waals surface area contributed by atoms with Crippen molar-refractivity contribution in [3.8, 4) is 0 Å². The van der Waals surface area contributed by atoms with Gasteiger partial charge in [0.2, 0.25) is 0 Å². The SMILES string of the molecule is CC[C@@]1(CNC(=O)N2CCOCC2)OCCc2ccccc21. The lowest BCUT2D eigenvalue weighted by molar-refractivity contribution is -0.0609. The molecule has 2 aliphatic heterocycles. The van der Waals surface area contributed by atoms with E-state index in [-0.39, 0.29) is 6.03 Å². The first-order valence-electron chi connectivity index (χ1n) is 8.08. The Balaban J connectivity index is 1.71. The Morgan fingerprint density at radius 1 is 1.27 bits per heavy atom. The van der Waals surface area contributed by atoms with E-state index in [1.165, 1.54) is 11.1 Å². The molecule has 1 N–H and O–H groups in total. The molecule has 1 aromatic rings. The van der Waals surface area contributed by atoms with Crippen molar-refractivity contribution in [3.05, 3.63) is 35.4 Å². The van der Waals surface area contributed by atoms with Crippen molar-refractivity contribution in [1.82, 2.24) is 10.2 Å². The third-order valence-corrected chi connectivity index (χ3v) is 4.65. The normalized spacial score (nSPS) is 24.7. The molecule has 1 fully saturated rings. The van der Waals surface area contributed by atoms with Gasteiger partial charge in [-0.05, 0) is 24.0 Å². The maximum absolute atomic E-state index is 12.3. The maximum atomic E-state index is 12.3. The van der Waals surface area contributed by atoms with Gasteiger partial charge in [0.25, 0.3) is 0 Å². The van der Waals surface area contributed by atoms with Crippen molar-refractivity contribution in [2.45, 2.75) is 25.4 Å². The van der Waals surface area contributed by atoms with Crippen LogP contribution in [0.4, 0.5) is 4.79 Å². The van der Waals surface area contributed by atoms with Gasteiger partial charge in [-0.3, -0.25) is 0 Å². The van der Waals surface area contributed by atoms with Crippen LogP contribution in [0.5, 0.6) is 0 Å². The van der Waals surface area contributed by atoms with Gasteiger partial charge in [-0.1, -0.05) is 31.2 Å². The number of nitrogens with one attached hydrogen (secondary N) is 1. The van der Waals surface area contributed by atoms with E-state index in [1.54, 1.807) is 0 Å². The number of amides is 2. The summed E-state index contributed by atoms with van der Waals surface area (Å²) in [6, 6.07) is 8.37. The second-order valence-electron chi connectivity index (χ2n) is 5.86. The Morgan fingerprint density at radius 3 is 2.82 bits per heavy atom. The third-order valence-electron chi connectivity index (χ3n) is 4.65. The topological polar surface area (TPSA) is 50.8 Å². The summed E-state index contributed by atoms with van der Waals surface area (Å²) in [6.45, 7) is 5.88. The Labute approximate surface area is 131 Å². The lowest BCUT2D eigenvalue weighted by Gasteiger charge is -2.39. The Bertz CT molecular complexity index is 528. The number of fused-ring (bicyclic) bond motifs is 1. The monoisotopic (exact) mass is 304 g/mol. The first kappa shape index (κ1) is 15.3. The van der Waals surface area contributed by atoms with Gasteiger partial charge in [0.15, 0.2) is 0 Å². The van der Waals surface area contributed by atoms with E-state index in [2.05, 4.69) is 30.4 Å². The van der Waals surface area contributed by atoms with Crippen molar-refractivity contribution in [2.24, 2.45) is 0 Å². The average Bonchev–Trinajstić information content (AvgIpc) is 2.60. The van der Waals surface area contributed by atoms with Gasteiger partial charge in [-0.15, -0.1) is 0 Å². The number of benzene rings is 1. The number of hydrogen-bond acceptors (Lipinski definition) is 3. The number of hydrogen-bond donors (Lipinski definition) is 1. The second-order valence-corrected chi connectivity index (χ2v) is 5.86. The molecule has 0 saturated carbocycles. The number of ether oxygens (including phenoxy) is 2. The molecule has 2 amide bonds. The number of morpholine rings is 1. The molecule has 0 spiro atoms. The Hall–Kier alpha value is -1.59. The first-order chi connectivity index (χ1) is 10.7. The van der Waals surface area contributed by atoms with Crippen LogP contribution in [-0.2, 0) is 21.5 Å². The molecule has 2 aliphatic rings. The molecular formula is C17H24N2O3. The molecule has 5 heteroatoms. The zero-order valence-corrected chi connectivity index (χ0v) is 13.1. The van der Waals surface area contributed by atoms with Crippen LogP contribution >= 0.6 is 0 Å². The van der Waals surface area contributed by atoms with Crippen LogP contribution < -0.4 is 5.32 Å². The highest BCUT2D eigenvalue weighted by atomic mass is 16.5. The summed E-state index contributed by atoms with van der Waals surface area (Å²) in [5.41, 5.74) is 2.14. The molecule has 1 aromatic carbocycles. The molecule has 2 heterocycles. The largest absolute Gasteiger partial charge is 0.378 e. The predicted molar refractivity (Wildman–Crippen MR) is 83.9 cm³/mol. The number of rotatable bonds is 3. The highest BCUT2D eigenvalue weighted by Gasteiger charge is 2.36. The molecule has 1 atom stereocenters. The van der Waals surface area contributed by atoms with Crippen LogP contribution in [0.15, 0.2) is 24.3 Å². The van der Waals surface area contributed by atoms with Crippen molar-refractivity contribution >= 4 is 6.03 Å². The lowest BCUT2D eigenvalue weighted by atomic mass is 9.84. The lowest BCUT2D eigenvalue weighted by Crippen LogP contribution is -2.51. The molecule has 120 valence electrons. The fourth-order valence-corrected chi connectivity index (χ4v) is 3.28. The Kier molecular flexibility index (Phi) is 4.64. The maximum Gasteiger partial charge on any atom is 0.317 e. The summed E-state index contributed by atoms with van der Waals surface area (Å²) >= 11 is 0. The zero-order valence-electron chi connectivity index (χ0n) is 13.1. The van der Waals surface area contributed by atoms with E-state index < -0.39 is 5.60 Å². The van der Waals surface area contributed by atoms with E-state index in [1.807, 2.05) is 11.0 Å². The number of urea groups is 1. The molecule has 5 nitrogen and oxygen atoms in total. The van der Waals surface area contributed by atoms with Gasteiger partial charge in [0, 0.05) is 13.1 Å². The third kappa shape index (κ3) is 2.96. The summed E-state index contributed by atoms with van der Waals surface area (Å²) in [5, 5.41) is 3.06. The number of carbonyl (C=O) groups excluding carboxylic acids is 1. The highest BCUT2D eigenvalue weighted by Crippen LogP contribution is 2.35. The average molecular weight is 304 g/mol. The molecule has 0 unspecified atom stereocenters. The molecule has 1 saturated heterocycles. The molecule has 0 bridgehead atoms. The van der Waals surface area contributed by atoms with E-state index >= 15 is 0 Å². The number of carbonyl (C=O) groups is 1. The summed E-state index contributed by atoms with van der Waals surface area (Å²) in [4.78, 5) is 14.1. The number of nitrogens with zero attached hydrogens (tertiary/aromatic N) is 1. The van der Waals surface area contributed by atoms with Crippen molar-refractivity contribution in [3.63, 3.8) is 0 Å². The minimum Gasteiger partial charge on any atom is -0.378 e. The Morgan fingerprint density at radius 2 is 2.05 bits per heavy atom. The summed E-state index contributed by atoms with van der Waals surface area (Å²) in [5.74, 6) is 0. The van der Waals surface area contributed by atoms with E-state index in [0.29, 0.717) is 39.5 Å². The van der Waals surface area contributed by atoms with Gasteiger partial charge in [-0.2, -0.15) is 0 Å². The fraction of sp³-hybridized carbons (Fsp3) is 0.588. The molecule has 0 aromatic heterocycles. The summed E-state index contributed by atoms with van der Waals surface area (Å²) in [6.07, 6.45) is 1.78. The summed E-state index contributed by atoms with van der Waals surface area (Å²) in [7, 11) is 0. The predicted octanol–water partition coefficient (Wildman–Crippen LogP) is 1.91. The van der Waals surface area contributed by atoms with Crippen LogP contribution in [0.25, 0.3) is 0 Å². The second kappa shape index (κ2) is 6.67. The van der Waals surface area contributed by atoms with Gasteiger partial charge in [-0.25, -0.2) is 4.79 Å². The van der Waals surface area contributed by atoms with E-state index in [9.17, 15) is 4.79 Å². The van der Waals surface area contributed by atoms with Crippen LogP contribution in [0, 0.1) is 0 Å². The van der Waals surface area contributed by atoms with Gasteiger partial charge in [0.1, 0.15) is 5.60 Å². The van der Waals surface area contributed by atoms with Crippen LogP contribution in [0.1, 0.15) is 24.5 Å². The highest BCUT2D eigenvalue weighted by molar-refractivity contribution is 5.74. The molecule has 0 radical (unpaired) electrons. The minimum absolute atomic E-state index is 0.0252. The quantitative estimate of drug-likeness (QED) is 0.928. The van der Waals surface area contributed by atoms with Crippen LogP contribution in [0.2, 0.25) is 0 Å². The van der Waals surface area contributed by atoms with E-state index in [4.69, 9.17) is 9.47 Å². The molecule has 0 aliphatic carbocycles. The molecule has 3 rings (SSSR count). The van der Waals surface area contributed by atoms with Crippen molar-refractivity contribution in [1.29, 1.82) is 0 Å². The van der Waals surface area contributed by atoms with E-state index in [0.717, 1.165) is 12.8 Å². The molecule has 22 heavy (non-hydrogen) atoms. The standard InChI is InChI=1S/C17H24N2O3/c1-2-17(13-18-16(20)19-8-11-21-12-9-19)15-6-4-3-5-14(15)7-10-22-17/h3-6H,2,7-13H2,1H3,(H,18,20)/t17-/m0/s1. The van der Waals surface area contributed by atoms with Crippen LogP contribution in [-0.4, -0.2) is 50.4 Å². The van der Waals surface area contributed by atoms with Crippen molar-refractivity contribution in [2.75, 3.05) is 39.5 Å². The minimum atomic E-state index is -0.406. The smallest absolute Gasteiger partial charge is 0.317 e. The zero-order chi connectivity index (χ0) is 15.4. The van der Waals surface area contributed by atoms with Gasteiger partial charge < -0.3 is 19.7 Å². The summed E-state index contributed by atoms with van der Waals surface area (Å²) < 4.78 is 11.4. The van der Waals surface area contributed by atoms with Gasteiger partial charge in [0.05, 0.1) is 26.4 Å².